The normalized spacial score (nSPS) is 18.3. The molecule has 6 nitrogen and oxygen atoms in total. The third-order valence-corrected chi connectivity index (χ3v) is 4.06. The van der Waals surface area contributed by atoms with E-state index in [2.05, 4.69) is 9.97 Å². The average molecular weight is 333 g/mol. The number of aromatic nitrogens is 2. The second-order valence-electron chi connectivity index (χ2n) is 5.75. The van der Waals surface area contributed by atoms with Gasteiger partial charge in [-0.15, -0.1) is 0 Å². The molecule has 1 N–H and O–H groups in total. The largest absolute Gasteiger partial charge is 0.447 e. The molecule has 7 heteroatoms. The van der Waals surface area contributed by atoms with Crippen LogP contribution in [0, 0.1) is 5.82 Å². The average Bonchev–Trinajstić information content (AvgIpc) is 3.28. The van der Waals surface area contributed by atoms with Gasteiger partial charge >= 0.3 is 6.09 Å². The van der Waals surface area contributed by atoms with Crippen LogP contribution in [0.2, 0.25) is 0 Å². The molecule has 1 aliphatic rings. The number of benzene rings is 1. The molecule has 0 saturated carbocycles. The van der Waals surface area contributed by atoms with Gasteiger partial charge < -0.3 is 14.5 Å². The Morgan fingerprint density at radius 1 is 1.50 bits per heavy atom. The first-order valence-corrected chi connectivity index (χ1v) is 7.91. The monoisotopic (exact) mass is 333 g/mol. The molecule has 1 saturated heterocycles. The van der Waals surface area contributed by atoms with Crippen molar-refractivity contribution in [2.45, 2.75) is 25.0 Å². The Bertz CT molecular complexity index is 654. The third-order valence-electron chi connectivity index (χ3n) is 4.06. The summed E-state index contributed by atoms with van der Waals surface area (Å²) in [5.41, 5.74) is 0.739. The van der Waals surface area contributed by atoms with Gasteiger partial charge in [0.05, 0.1) is 6.10 Å². The van der Waals surface area contributed by atoms with Gasteiger partial charge in [0.1, 0.15) is 24.3 Å². The van der Waals surface area contributed by atoms with E-state index in [0.29, 0.717) is 12.4 Å². The molecule has 3 rings (SSSR count). The van der Waals surface area contributed by atoms with Gasteiger partial charge in [0, 0.05) is 26.0 Å². The summed E-state index contributed by atoms with van der Waals surface area (Å²) < 4.78 is 24.0. The molecule has 2 atom stereocenters. The summed E-state index contributed by atoms with van der Waals surface area (Å²) in [4.78, 5) is 21.1. The number of ether oxygens (including phenoxy) is 2. The quantitative estimate of drug-likeness (QED) is 0.913. The second kappa shape index (κ2) is 7.44. The third kappa shape index (κ3) is 3.73. The van der Waals surface area contributed by atoms with Crippen LogP contribution >= 0.6 is 0 Å². The molecule has 24 heavy (non-hydrogen) atoms. The fourth-order valence-corrected chi connectivity index (χ4v) is 2.78. The van der Waals surface area contributed by atoms with Gasteiger partial charge in [-0.25, -0.2) is 14.2 Å². The van der Waals surface area contributed by atoms with Crippen molar-refractivity contribution in [3.8, 4) is 0 Å². The minimum atomic E-state index is -0.488. The molecule has 1 aromatic carbocycles. The zero-order valence-electron chi connectivity index (χ0n) is 13.4. The van der Waals surface area contributed by atoms with Gasteiger partial charge in [0.15, 0.2) is 0 Å². The van der Waals surface area contributed by atoms with E-state index in [1.807, 2.05) is 0 Å². The Morgan fingerprint density at radius 3 is 2.92 bits per heavy atom. The van der Waals surface area contributed by atoms with Gasteiger partial charge in [0.2, 0.25) is 0 Å². The number of nitrogens with one attached hydrogen (secondary N) is 1. The molecule has 1 amide bonds. The Balaban J connectivity index is 1.74. The van der Waals surface area contributed by atoms with Crippen molar-refractivity contribution < 1.29 is 18.7 Å². The van der Waals surface area contributed by atoms with Crippen molar-refractivity contribution in [1.82, 2.24) is 14.9 Å². The first-order valence-electron chi connectivity index (χ1n) is 7.91. The SMILES string of the molecule is CN(C(=O)OCC1CCCO1)C(c1ccc(F)cc1)c1ncc[nH]1. The van der Waals surface area contributed by atoms with Crippen LogP contribution < -0.4 is 0 Å². The van der Waals surface area contributed by atoms with Gasteiger partial charge in [0.25, 0.3) is 0 Å². The highest BCUT2D eigenvalue weighted by atomic mass is 19.1. The summed E-state index contributed by atoms with van der Waals surface area (Å²) in [5, 5.41) is 0. The van der Waals surface area contributed by atoms with E-state index >= 15 is 0 Å². The minimum Gasteiger partial charge on any atom is -0.447 e. The molecule has 1 aliphatic heterocycles. The van der Waals surface area contributed by atoms with E-state index in [4.69, 9.17) is 9.47 Å². The highest BCUT2D eigenvalue weighted by Crippen LogP contribution is 2.26. The fourth-order valence-electron chi connectivity index (χ4n) is 2.78. The predicted octanol–water partition coefficient (Wildman–Crippen LogP) is 2.89. The lowest BCUT2D eigenvalue weighted by atomic mass is 10.1. The van der Waals surface area contributed by atoms with E-state index in [1.165, 1.54) is 17.0 Å². The number of rotatable bonds is 5. The van der Waals surface area contributed by atoms with Crippen LogP contribution in [0.1, 0.15) is 30.3 Å². The summed E-state index contributed by atoms with van der Waals surface area (Å²) in [6.45, 7) is 0.945. The maximum absolute atomic E-state index is 13.2. The summed E-state index contributed by atoms with van der Waals surface area (Å²) in [5.74, 6) is 0.249. The molecule has 0 aliphatic carbocycles. The molecule has 2 heterocycles. The molecule has 2 unspecified atom stereocenters. The molecule has 0 spiro atoms. The van der Waals surface area contributed by atoms with Crippen molar-refractivity contribution in [1.29, 1.82) is 0 Å². The van der Waals surface area contributed by atoms with Crippen molar-refractivity contribution in [3.63, 3.8) is 0 Å². The molecular weight excluding hydrogens is 313 g/mol. The standard InChI is InChI=1S/C17H20FN3O3/c1-21(17(22)24-11-14-3-2-10-23-14)15(16-19-8-9-20-16)12-4-6-13(18)7-5-12/h4-9,14-15H,2-3,10-11H2,1H3,(H,19,20). The van der Waals surface area contributed by atoms with Crippen LogP contribution in [0.25, 0.3) is 0 Å². The molecule has 0 bridgehead atoms. The van der Waals surface area contributed by atoms with Gasteiger partial charge in [-0.2, -0.15) is 0 Å². The molecule has 1 fully saturated rings. The number of carbonyl (C=O) groups is 1. The Morgan fingerprint density at radius 2 is 2.29 bits per heavy atom. The summed E-state index contributed by atoms with van der Waals surface area (Å²) in [6.07, 6.45) is 4.67. The Hall–Kier alpha value is -2.41. The van der Waals surface area contributed by atoms with E-state index < -0.39 is 12.1 Å². The second-order valence-corrected chi connectivity index (χ2v) is 5.75. The van der Waals surface area contributed by atoms with Crippen molar-refractivity contribution in [2.75, 3.05) is 20.3 Å². The maximum atomic E-state index is 13.2. The van der Waals surface area contributed by atoms with E-state index in [1.54, 1.807) is 31.6 Å². The van der Waals surface area contributed by atoms with Crippen molar-refractivity contribution in [2.24, 2.45) is 0 Å². The minimum absolute atomic E-state index is 0.0322. The number of halogens is 1. The number of nitrogens with zero attached hydrogens (tertiary/aromatic N) is 2. The van der Waals surface area contributed by atoms with Crippen molar-refractivity contribution >= 4 is 6.09 Å². The Labute approximate surface area is 139 Å². The molecule has 2 aromatic rings. The van der Waals surface area contributed by atoms with E-state index in [-0.39, 0.29) is 18.5 Å². The van der Waals surface area contributed by atoms with Crippen LogP contribution in [-0.2, 0) is 9.47 Å². The summed E-state index contributed by atoms with van der Waals surface area (Å²) in [7, 11) is 1.63. The number of hydrogen-bond donors (Lipinski definition) is 1. The molecule has 0 radical (unpaired) electrons. The topological polar surface area (TPSA) is 67.5 Å². The highest BCUT2D eigenvalue weighted by molar-refractivity contribution is 5.68. The van der Waals surface area contributed by atoms with Crippen LogP contribution in [0.3, 0.4) is 0 Å². The van der Waals surface area contributed by atoms with Crippen molar-refractivity contribution in [3.05, 3.63) is 53.9 Å². The number of imidazole rings is 1. The highest BCUT2D eigenvalue weighted by Gasteiger charge is 2.27. The van der Waals surface area contributed by atoms with Crippen LogP contribution in [0.5, 0.6) is 0 Å². The zero-order valence-corrected chi connectivity index (χ0v) is 13.4. The number of aromatic amines is 1. The fraction of sp³-hybridized carbons (Fsp3) is 0.412. The Kier molecular flexibility index (Phi) is 5.10. The van der Waals surface area contributed by atoms with Gasteiger partial charge in [-0.1, -0.05) is 12.1 Å². The number of amides is 1. The maximum Gasteiger partial charge on any atom is 0.410 e. The van der Waals surface area contributed by atoms with E-state index in [0.717, 1.165) is 18.4 Å². The molecular formula is C17H20FN3O3. The number of carbonyl (C=O) groups excluding carboxylic acids is 1. The lowest BCUT2D eigenvalue weighted by molar-refractivity contribution is 0.0295. The lowest BCUT2D eigenvalue weighted by Crippen LogP contribution is -2.34. The number of hydrogen-bond acceptors (Lipinski definition) is 4. The first-order chi connectivity index (χ1) is 11.6. The zero-order chi connectivity index (χ0) is 16.9. The van der Waals surface area contributed by atoms with Crippen LogP contribution in [0.15, 0.2) is 36.7 Å². The van der Waals surface area contributed by atoms with E-state index in [9.17, 15) is 9.18 Å². The van der Waals surface area contributed by atoms with Gasteiger partial charge in [-0.05, 0) is 30.5 Å². The van der Waals surface area contributed by atoms with Gasteiger partial charge in [-0.3, -0.25) is 4.90 Å². The number of H-pyrrole nitrogens is 1. The molecule has 1 aromatic heterocycles. The lowest BCUT2D eigenvalue weighted by Gasteiger charge is -2.27. The molecule has 128 valence electrons. The van der Waals surface area contributed by atoms with Crippen LogP contribution in [0.4, 0.5) is 9.18 Å². The predicted molar refractivity (Wildman–Crippen MR) is 84.9 cm³/mol. The van der Waals surface area contributed by atoms with Crippen LogP contribution in [-0.4, -0.2) is 47.3 Å². The smallest absolute Gasteiger partial charge is 0.410 e. The first kappa shape index (κ1) is 16.4. The summed E-state index contributed by atoms with van der Waals surface area (Å²) in [6, 6.07) is 5.49. The summed E-state index contributed by atoms with van der Waals surface area (Å²) >= 11 is 0.